The third-order valence-electron chi connectivity index (χ3n) is 15.3. The molecule has 5 fully saturated rings. The van der Waals surface area contributed by atoms with Crippen LogP contribution in [-0.2, 0) is 12.8 Å². The Kier molecular flexibility index (Phi) is 121. The quantitative estimate of drug-likeness (QED) is 0.156. The van der Waals surface area contributed by atoms with Gasteiger partial charge in [0.05, 0.1) is 6.61 Å². The minimum atomic E-state index is 0.659. The molecule has 0 radical (unpaired) electrons. The van der Waals surface area contributed by atoms with Crippen LogP contribution in [0.1, 0.15) is 402 Å². The lowest BCUT2D eigenvalue weighted by molar-refractivity contribution is 0.0198. The summed E-state index contributed by atoms with van der Waals surface area (Å²) >= 11 is 0. The van der Waals surface area contributed by atoms with Gasteiger partial charge in [0.2, 0.25) is 0 Å². The average molecular weight is 1460 g/mol. The van der Waals surface area contributed by atoms with Crippen molar-refractivity contribution in [2.45, 2.75) is 382 Å². The molecule has 0 amide bonds. The topological polar surface area (TPSA) is 25.4 Å². The standard InChI is InChI=1S/C10H12O.C10H16.C10H12.C9H8.C9H12.C6H10.C5H5N.C5H6.C4H9N.4C3H8.11C2H6/c1-8-6-7-11-10-5-3-2-4-9(8)10;1-7-2-9-4-8(1)5-10(3-7)6-9;1-8-6-7-9-4-2-3-5-10(8)9;1-2-5-9-7-3-6-8(9)4-1;1-8(2)9-6-4-3-5-7-9;2*1-2-4-6-5-3-1;1-2-4-5-3-1;1-5-3-2-4-5;4*1-3-2;11*1-2/h2-5,8H,6-7H2,1H3;7-10H,1-6H2;2-5,8H,6-7H2,1H3;1-6H,7H2;3-8H,1-2H3;1-2H,3-6H2;1-5H;1-4H,5H2;2-4H2,1H3;4*3H2,1-2H3;11*1-2H3. The minimum absolute atomic E-state index is 0.659. The fourth-order valence-corrected chi connectivity index (χ4v) is 11.2. The molecule has 3 nitrogen and oxygen atoms in total. The lowest BCUT2D eigenvalue weighted by Crippen LogP contribution is -2.38. The van der Waals surface area contributed by atoms with Gasteiger partial charge in [0.15, 0.2) is 0 Å². The number of ether oxygens (including phenoxy) is 1. The maximum absolute atomic E-state index is 5.49. The van der Waals surface area contributed by atoms with Crippen molar-refractivity contribution in [2.75, 3.05) is 26.7 Å². The SMILES string of the molecule is C1=CCC=C1.C1=CCCCC1.C1=Cc2ccccc2C1.C1C2CC3CC1CC(C2)C3.CC.CC.CC.CC.CC.CC.CC.CC.CC.CC.CC.CC(C)c1ccccc1.CC1CCOc2ccccc21.CC1CCc2ccccc21.CCC.CCC.CCC.CCC.CN1CCC1.c1ccncc1. The first-order valence-corrected chi connectivity index (χ1v) is 44.6. The van der Waals surface area contributed by atoms with Gasteiger partial charge in [0, 0.05) is 12.4 Å². The summed E-state index contributed by atoms with van der Waals surface area (Å²) in [6.07, 6.45) is 48.3. The van der Waals surface area contributed by atoms with Gasteiger partial charge in [-0.3, -0.25) is 4.98 Å². The molecule has 15 rings (SSSR count). The third kappa shape index (κ3) is 74.0. The first-order valence-electron chi connectivity index (χ1n) is 44.6. The van der Waals surface area contributed by atoms with Crippen molar-refractivity contribution in [3.05, 3.63) is 210 Å². The van der Waals surface area contributed by atoms with Crippen LogP contribution in [0, 0.1) is 23.7 Å². The van der Waals surface area contributed by atoms with Gasteiger partial charge in [-0.25, -0.2) is 0 Å². The highest BCUT2D eigenvalue weighted by Gasteiger charge is 2.41. The van der Waals surface area contributed by atoms with Crippen LogP contribution in [0.3, 0.4) is 0 Å². The van der Waals surface area contributed by atoms with Crippen LogP contribution < -0.4 is 4.74 Å². The predicted molar refractivity (Wildman–Crippen MR) is 495 cm³/mol. The molecule has 1 aromatic heterocycles. The van der Waals surface area contributed by atoms with E-state index in [9.17, 15) is 0 Å². The number of fused-ring (bicyclic) bond motifs is 3. The molecule has 105 heavy (non-hydrogen) atoms. The van der Waals surface area contributed by atoms with E-state index in [4.69, 9.17) is 4.74 Å². The molecule has 4 saturated carbocycles. The molecule has 4 aromatic carbocycles. The van der Waals surface area contributed by atoms with Gasteiger partial charge < -0.3 is 9.64 Å². The number of benzene rings is 4. The number of rotatable bonds is 1. The molecular formula is C102H188N2O. The molecule has 2 atom stereocenters. The normalized spacial score (nSPS) is 17.1. The van der Waals surface area contributed by atoms with E-state index in [-0.39, 0.29) is 0 Å². The second-order valence-corrected chi connectivity index (χ2v) is 24.3. The van der Waals surface area contributed by atoms with Gasteiger partial charge in [-0.1, -0.05) is 413 Å². The van der Waals surface area contributed by atoms with E-state index in [1.54, 1.807) is 62.0 Å². The average Bonchev–Trinajstić information content (AvgIpc) is 0.942. The predicted octanol–water partition coefficient (Wildman–Crippen LogP) is 35.2. The molecule has 3 heteroatoms. The van der Waals surface area contributed by atoms with E-state index < -0.39 is 0 Å². The van der Waals surface area contributed by atoms with Gasteiger partial charge in [0.25, 0.3) is 0 Å². The first kappa shape index (κ1) is 121. The minimum Gasteiger partial charge on any atom is -0.493 e. The maximum atomic E-state index is 5.49. The van der Waals surface area contributed by atoms with Gasteiger partial charge in [-0.2, -0.15) is 0 Å². The molecule has 8 aliphatic carbocycles. The fourth-order valence-electron chi connectivity index (χ4n) is 11.2. The highest BCUT2D eigenvalue weighted by molar-refractivity contribution is 5.59. The fraction of sp³-hybridized carbons (Fsp3) is 0.637. The van der Waals surface area contributed by atoms with Gasteiger partial charge >= 0.3 is 0 Å². The summed E-state index contributed by atoms with van der Waals surface area (Å²) in [7, 11) is 2.14. The zero-order valence-electron chi connectivity index (χ0n) is 77.4. The largest absolute Gasteiger partial charge is 0.493 e. The third-order valence-corrected chi connectivity index (χ3v) is 15.3. The summed E-state index contributed by atoms with van der Waals surface area (Å²) in [5.74, 6) is 7.91. The van der Waals surface area contributed by atoms with Crippen molar-refractivity contribution in [1.82, 2.24) is 9.88 Å². The van der Waals surface area contributed by atoms with Crippen molar-refractivity contribution in [2.24, 2.45) is 23.7 Å². The Labute approximate surface area is 664 Å². The molecule has 2 aliphatic heterocycles. The zero-order valence-corrected chi connectivity index (χ0v) is 77.4. The highest BCUT2D eigenvalue weighted by Crippen LogP contribution is 2.53. The Bertz CT molecular complexity index is 2260. The van der Waals surface area contributed by atoms with Crippen molar-refractivity contribution >= 4 is 6.08 Å². The number of nitrogens with zero attached hydrogens (tertiary/aromatic N) is 2. The highest BCUT2D eigenvalue weighted by atomic mass is 16.5. The second-order valence-electron chi connectivity index (χ2n) is 24.3. The Morgan fingerprint density at radius 1 is 0.400 bits per heavy atom. The van der Waals surface area contributed by atoms with Crippen LogP contribution in [0.5, 0.6) is 5.75 Å². The van der Waals surface area contributed by atoms with Crippen LogP contribution in [0.25, 0.3) is 6.08 Å². The van der Waals surface area contributed by atoms with Gasteiger partial charge in [0.1, 0.15) is 5.75 Å². The van der Waals surface area contributed by atoms with Crippen molar-refractivity contribution in [1.29, 1.82) is 0 Å². The first-order chi connectivity index (χ1) is 51.5. The monoisotopic (exact) mass is 1460 g/mol. The van der Waals surface area contributed by atoms with Crippen LogP contribution in [0.15, 0.2) is 176 Å². The molecular weight excluding hydrogens is 1270 g/mol. The van der Waals surface area contributed by atoms with Crippen LogP contribution in [-0.4, -0.2) is 36.6 Å². The number of allylic oxidation sites excluding steroid dienone is 7. The zero-order chi connectivity index (χ0) is 82.6. The van der Waals surface area contributed by atoms with Crippen LogP contribution >= 0.6 is 0 Å². The van der Waals surface area contributed by atoms with Crippen molar-refractivity contribution < 1.29 is 4.74 Å². The molecule has 1 saturated heterocycles. The maximum Gasteiger partial charge on any atom is 0.122 e. The summed E-state index contributed by atoms with van der Waals surface area (Å²) < 4.78 is 5.49. The van der Waals surface area contributed by atoms with E-state index in [2.05, 4.69) is 234 Å². The number of para-hydroxylation sites is 1. The Hall–Kier alpha value is -5.25. The molecule has 10 aliphatic rings. The number of hydrogen-bond donors (Lipinski definition) is 0. The van der Waals surface area contributed by atoms with Crippen molar-refractivity contribution in [3.8, 4) is 5.75 Å². The van der Waals surface area contributed by atoms with Crippen LogP contribution in [0.2, 0.25) is 0 Å². The van der Waals surface area contributed by atoms with Crippen molar-refractivity contribution in [3.63, 3.8) is 0 Å². The molecule has 0 spiro atoms. The summed E-state index contributed by atoms with van der Waals surface area (Å²) in [6, 6.07) is 41.8. The molecule has 612 valence electrons. The van der Waals surface area contributed by atoms with Gasteiger partial charge in [-0.15, -0.1) is 0 Å². The smallest absolute Gasteiger partial charge is 0.122 e. The number of aryl methyl sites for hydroxylation is 1. The number of aromatic nitrogens is 1. The Morgan fingerprint density at radius 3 is 1.05 bits per heavy atom. The van der Waals surface area contributed by atoms with E-state index in [0.29, 0.717) is 11.8 Å². The molecule has 3 heterocycles. The Balaban J connectivity index is -0.000000116. The lowest BCUT2D eigenvalue weighted by Gasteiger charge is -2.49. The number of pyridine rings is 1. The molecule has 0 N–H and O–H groups in total. The Morgan fingerprint density at radius 2 is 0.752 bits per heavy atom. The molecule has 4 bridgehead atoms. The van der Waals surface area contributed by atoms with Crippen LogP contribution in [0.4, 0.5) is 0 Å². The summed E-state index contributed by atoms with van der Waals surface area (Å²) in [5.41, 5.74) is 8.75. The summed E-state index contributed by atoms with van der Waals surface area (Å²) in [5, 5.41) is 0. The summed E-state index contributed by atoms with van der Waals surface area (Å²) in [4.78, 5) is 6.09. The molecule has 2 unspecified atom stereocenters. The second kappa shape index (κ2) is 105. The van der Waals surface area contributed by atoms with Gasteiger partial charge in [-0.05, 0) is 216 Å². The number of likely N-dealkylation sites (tertiary alicyclic amines) is 1. The number of hydrogen-bond acceptors (Lipinski definition) is 3. The van der Waals surface area contributed by atoms with E-state index >= 15 is 0 Å². The van der Waals surface area contributed by atoms with E-state index in [1.165, 1.54) is 130 Å². The van der Waals surface area contributed by atoms with E-state index in [0.717, 1.165) is 37.5 Å². The van der Waals surface area contributed by atoms with E-state index in [1.807, 2.05) is 189 Å². The summed E-state index contributed by atoms with van der Waals surface area (Å²) in [6.45, 7) is 73.5. The molecule has 5 aromatic rings. The lowest BCUT2D eigenvalue weighted by atomic mass is 9.56.